The van der Waals surface area contributed by atoms with Crippen LogP contribution in [0.2, 0.25) is 0 Å². The summed E-state index contributed by atoms with van der Waals surface area (Å²) in [5.41, 5.74) is 0. The molecular formula is C2H6Br2S2. The first-order valence-electron chi connectivity index (χ1n) is 1.60. The van der Waals surface area contributed by atoms with Gasteiger partial charge in [0.2, 0.25) is 0 Å². The lowest BCUT2D eigenvalue weighted by Crippen LogP contribution is -1.97. The van der Waals surface area contributed by atoms with Crippen molar-refractivity contribution < 1.29 is 0 Å². The number of hydrogen-bond donors (Lipinski definition) is 2. The average molecular weight is 254 g/mol. The minimum absolute atomic E-state index is 0.337. The van der Waals surface area contributed by atoms with Crippen molar-refractivity contribution in [2.75, 3.05) is 10.2 Å². The van der Waals surface area contributed by atoms with E-state index in [9.17, 15) is 0 Å². The molecule has 6 heavy (non-hydrogen) atoms. The predicted molar refractivity (Wildman–Crippen MR) is 45.6 cm³/mol. The summed E-state index contributed by atoms with van der Waals surface area (Å²) < 4.78 is 0. The van der Waals surface area contributed by atoms with Gasteiger partial charge in [-0.1, -0.05) is 0 Å². The summed E-state index contributed by atoms with van der Waals surface area (Å²) in [4.78, 5) is 0. The molecule has 0 aliphatic carbocycles. The predicted octanol–water partition coefficient (Wildman–Crippen LogP) is 2.54. The molecule has 0 N–H and O–H groups in total. The van der Waals surface area contributed by atoms with Crippen LogP contribution in [0.3, 0.4) is 0 Å². The van der Waals surface area contributed by atoms with Crippen molar-refractivity contribution in [2.24, 2.45) is 0 Å². The van der Waals surface area contributed by atoms with E-state index in [0.29, 0.717) is 18.7 Å². The Labute approximate surface area is 58.2 Å². The number of halogens is 2. The van der Waals surface area contributed by atoms with Crippen LogP contribution in [0.5, 0.6) is 0 Å². The Morgan fingerprint density at radius 1 is 1.00 bits per heavy atom. The molecule has 1 saturated heterocycles. The molecule has 0 aromatic rings. The smallest absolute Gasteiger partial charge is 0.0219 e. The van der Waals surface area contributed by atoms with Gasteiger partial charge in [0.1, 0.15) is 0 Å². The quantitative estimate of drug-likeness (QED) is 0.610. The maximum atomic E-state index is 3.55. The molecular weight excluding hydrogens is 248 g/mol. The molecule has 1 fully saturated rings. The van der Waals surface area contributed by atoms with Crippen LogP contribution in [0.4, 0.5) is 0 Å². The van der Waals surface area contributed by atoms with Crippen molar-refractivity contribution in [2.45, 2.75) is 0 Å². The third-order valence-electron chi connectivity index (χ3n) is 0.614. The third kappa shape index (κ3) is 1.32. The Kier molecular flexibility index (Phi) is 2.21. The summed E-state index contributed by atoms with van der Waals surface area (Å²) in [5.74, 6) is 0. The maximum absolute atomic E-state index is 3.55. The Bertz CT molecular complexity index is 45.5. The van der Waals surface area contributed by atoms with E-state index in [1.165, 1.54) is 10.2 Å². The van der Waals surface area contributed by atoms with Crippen LogP contribution in [0.1, 0.15) is 0 Å². The van der Waals surface area contributed by atoms with Crippen molar-refractivity contribution >= 4 is 48.3 Å². The Balaban J connectivity index is 2.11. The fourth-order valence-electron chi connectivity index (χ4n) is 0.292. The highest BCUT2D eigenvalue weighted by atomic mass is 79.9. The molecule has 0 atom stereocenters. The molecule has 40 valence electrons. The molecule has 0 unspecified atom stereocenters. The monoisotopic (exact) mass is 252 g/mol. The van der Waals surface area contributed by atoms with Crippen molar-refractivity contribution in [3.05, 3.63) is 0 Å². The van der Waals surface area contributed by atoms with E-state index < -0.39 is 0 Å². The zero-order valence-corrected chi connectivity index (χ0v) is 8.03. The van der Waals surface area contributed by atoms with Gasteiger partial charge in [-0.05, 0) is 29.6 Å². The highest BCUT2D eigenvalue weighted by Gasteiger charge is 2.16. The van der Waals surface area contributed by atoms with Crippen molar-refractivity contribution in [1.82, 2.24) is 0 Å². The van der Waals surface area contributed by atoms with Gasteiger partial charge >= 0.3 is 0 Å². The van der Waals surface area contributed by atoms with E-state index in [1.54, 1.807) is 0 Å². The van der Waals surface area contributed by atoms with Crippen LogP contribution in [-0.4, -0.2) is 10.2 Å². The fourth-order valence-corrected chi connectivity index (χ4v) is 17.8. The van der Waals surface area contributed by atoms with Gasteiger partial charge in [-0.3, -0.25) is 0 Å². The lowest BCUT2D eigenvalue weighted by atomic mass is 11.8. The molecule has 1 rings (SSSR count). The van der Waals surface area contributed by atoms with E-state index in [0.717, 1.165) is 0 Å². The molecule has 0 nitrogen and oxygen atoms in total. The summed E-state index contributed by atoms with van der Waals surface area (Å²) in [6, 6.07) is 0. The summed E-state index contributed by atoms with van der Waals surface area (Å²) in [7, 11) is 0.675. The summed E-state index contributed by atoms with van der Waals surface area (Å²) in [6.45, 7) is 0. The van der Waals surface area contributed by atoms with E-state index in [4.69, 9.17) is 0 Å². The zero-order valence-electron chi connectivity index (χ0n) is 3.06. The van der Waals surface area contributed by atoms with Crippen molar-refractivity contribution in [1.29, 1.82) is 0 Å². The zero-order chi connectivity index (χ0) is 4.57. The Morgan fingerprint density at radius 2 is 1.33 bits per heavy atom. The minimum atomic E-state index is 0.337. The second-order valence-corrected chi connectivity index (χ2v) is 11.3. The lowest BCUT2D eigenvalue weighted by molar-refractivity contribution is 2.02. The molecule has 0 radical (unpaired) electrons. The van der Waals surface area contributed by atoms with Crippen molar-refractivity contribution in [3.8, 4) is 0 Å². The second kappa shape index (κ2) is 2.29. The Hall–Kier alpha value is 1.66. The molecule has 1 aliphatic heterocycles. The van der Waals surface area contributed by atoms with Gasteiger partial charge in [0.25, 0.3) is 0 Å². The summed E-state index contributed by atoms with van der Waals surface area (Å²) in [5, 5.41) is 2.87. The van der Waals surface area contributed by atoms with Gasteiger partial charge in [-0.2, -0.15) is 18.7 Å². The number of rotatable bonds is 0. The molecule has 0 aromatic heterocycles. The normalized spacial score (nSPS) is 57.0. The first kappa shape index (κ1) is 5.79. The average Bonchev–Trinajstić information content (AvgIpc) is 1.33. The second-order valence-electron chi connectivity index (χ2n) is 1.21. The highest BCUT2D eigenvalue weighted by molar-refractivity contribution is 9.62. The van der Waals surface area contributed by atoms with E-state index in [1.807, 2.05) is 0 Å². The van der Waals surface area contributed by atoms with Crippen LogP contribution in [0.15, 0.2) is 0 Å². The van der Waals surface area contributed by atoms with Crippen molar-refractivity contribution in [3.63, 3.8) is 0 Å². The van der Waals surface area contributed by atoms with Crippen LogP contribution in [0.25, 0.3) is 0 Å². The van der Waals surface area contributed by atoms with E-state index in [2.05, 4.69) is 29.6 Å². The molecule has 4 heteroatoms. The SMILES string of the molecule is Br[SH]1C[SH](Br)C1. The van der Waals surface area contributed by atoms with Gasteiger partial charge in [0.05, 0.1) is 0 Å². The topological polar surface area (TPSA) is 0 Å². The lowest BCUT2D eigenvalue weighted by Gasteiger charge is -2.32. The van der Waals surface area contributed by atoms with Crippen LogP contribution >= 0.6 is 48.3 Å². The van der Waals surface area contributed by atoms with Crippen LogP contribution < -0.4 is 0 Å². The van der Waals surface area contributed by atoms with E-state index >= 15 is 0 Å². The number of hydrogen-bond acceptors (Lipinski definition) is 0. The summed E-state index contributed by atoms with van der Waals surface area (Å²) in [6.07, 6.45) is 0. The van der Waals surface area contributed by atoms with Gasteiger partial charge in [-0.25, -0.2) is 0 Å². The first-order valence-corrected chi connectivity index (χ1v) is 9.06. The van der Waals surface area contributed by atoms with Gasteiger partial charge < -0.3 is 0 Å². The van der Waals surface area contributed by atoms with Crippen LogP contribution in [-0.2, 0) is 0 Å². The van der Waals surface area contributed by atoms with Crippen LogP contribution in [0, 0.1) is 0 Å². The van der Waals surface area contributed by atoms with E-state index in [-0.39, 0.29) is 0 Å². The molecule has 0 bridgehead atoms. The molecule has 1 heterocycles. The molecule has 0 amide bonds. The first-order chi connectivity index (χ1) is 2.79. The van der Waals surface area contributed by atoms with Gasteiger partial charge in [-0.15, -0.1) is 0 Å². The largest absolute Gasteiger partial charge is 0.178 e. The summed E-state index contributed by atoms with van der Waals surface area (Å²) >= 11 is 7.10. The molecule has 0 aromatic carbocycles. The molecule has 0 spiro atoms. The molecule has 1 aliphatic rings. The van der Waals surface area contributed by atoms with Gasteiger partial charge in [0.15, 0.2) is 0 Å². The number of thiol groups is 2. The standard InChI is InChI=1S/C2H6Br2S2/c3-5-1-6(4)2-5/h5-6H,1-2H2. The van der Waals surface area contributed by atoms with Gasteiger partial charge in [0, 0.05) is 10.2 Å². The Morgan fingerprint density at radius 3 is 1.33 bits per heavy atom. The minimum Gasteiger partial charge on any atom is -0.178 e. The molecule has 0 saturated carbocycles. The maximum Gasteiger partial charge on any atom is 0.0219 e. The third-order valence-corrected chi connectivity index (χ3v) is 13.6. The fraction of sp³-hybridized carbons (Fsp3) is 1.00. The highest BCUT2D eigenvalue weighted by Crippen LogP contribution is 2.63.